The lowest BCUT2D eigenvalue weighted by Crippen LogP contribution is -2.15. The minimum Gasteiger partial charge on any atom is -0.347 e. The minimum atomic E-state index is 0.543. The summed E-state index contributed by atoms with van der Waals surface area (Å²) in [5.74, 6) is 1.52. The molecule has 0 bridgehead atoms. The number of H-pyrrole nitrogens is 1. The van der Waals surface area contributed by atoms with E-state index in [0.29, 0.717) is 4.77 Å². The fourth-order valence-electron chi connectivity index (χ4n) is 1.44. The van der Waals surface area contributed by atoms with Gasteiger partial charge in [-0.2, -0.15) is 0 Å². The number of aryl methyl sites for hydroxylation is 1. The van der Waals surface area contributed by atoms with Crippen LogP contribution in [0.15, 0.2) is 18.3 Å². The molecular formula is C10H13N5S. The zero-order valence-electron chi connectivity index (χ0n) is 9.43. The minimum absolute atomic E-state index is 0.543. The molecule has 0 fully saturated rings. The van der Waals surface area contributed by atoms with Crippen LogP contribution in [0.5, 0.6) is 0 Å². The third-order valence-electron chi connectivity index (χ3n) is 2.18. The second-order valence-electron chi connectivity index (χ2n) is 3.75. The number of hydrogen-bond acceptors (Lipinski definition) is 4. The summed E-state index contributed by atoms with van der Waals surface area (Å²) in [6.45, 7) is 2.02. The monoisotopic (exact) mass is 235 g/mol. The van der Waals surface area contributed by atoms with Gasteiger partial charge in [0.15, 0.2) is 0 Å². The standard InChI is InChI=1S/C10H13N5S/c1-7-4-5-11-8(6-7)15-9(14(2)3)12-13-10(15)16/h4-6H,1-3H3,(H,13,16). The van der Waals surface area contributed by atoms with Gasteiger partial charge >= 0.3 is 0 Å². The Hall–Kier alpha value is -1.69. The number of aromatic amines is 1. The summed E-state index contributed by atoms with van der Waals surface area (Å²) in [6.07, 6.45) is 1.76. The average molecular weight is 235 g/mol. The smallest absolute Gasteiger partial charge is 0.231 e. The molecule has 1 N–H and O–H groups in total. The molecule has 5 nitrogen and oxygen atoms in total. The average Bonchev–Trinajstić information content (AvgIpc) is 2.60. The van der Waals surface area contributed by atoms with Crippen LogP contribution < -0.4 is 4.90 Å². The molecular weight excluding hydrogens is 222 g/mol. The van der Waals surface area contributed by atoms with E-state index in [-0.39, 0.29) is 0 Å². The number of pyridine rings is 1. The lowest BCUT2D eigenvalue weighted by molar-refractivity contribution is 0.917. The zero-order valence-corrected chi connectivity index (χ0v) is 10.2. The van der Waals surface area contributed by atoms with Crippen LogP contribution in [0, 0.1) is 11.7 Å². The molecule has 0 aromatic carbocycles. The van der Waals surface area contributed by atoms with Gasteiger partial charge in [-0.1, -0.05) is 0 Å². The van der Waals surface area contributed by atoms with E-state index in [2.05, 4.69) is 15.2 Å². The van der Waals surface area contributed by atoms with Gasteiger partial charge in [0.2, 0.25) is 10.7 Å². The second kappa shape index (κ2) is 4.05. The molecule has 0 spiro atoms. The topological polar surface area (TPSA) is 49.7 Å². The van der Waals surface area contributed by atoms with Crippen LogP contribution in [-0.4, -0.2) is 33.8 Å². The molecule has 2 aromatic heterocycles. The van der Waals surface area contributed by atoms with E-state index >= 15 is 0 Å². The Morgan fingerprint density at radius 1 is 1.44 bits per heavy atom. The second-order valence-corrected chi connectivity index (χ2v) is 4.14. The highest BCUT2D eigenvalue weighted by Crippen LogP contribution is 2.15. The van der Waals surface area contributed by atoms with Gasteiger partial charge in [0.25, 0.3) is 0 Å². The molecule has 84 valence electrons. The fourth-order valence-corrected chi connectivity index (χ4v) is 1.66. The lowest BCUT2D eigenvalue weighted by Gasteiger charge is -2.12. The Labute approximate surface area is 98.7 Å². The van der Waals surface area contributed by atoms with Gasteiger partial charge in [-0.15, -0.1) is 5.10 Å². The van der Waals surface area contributed by atoms with Crippen molar-refractivity contribution in [1.29, 1.82) is 0 Å². The zero-order chi connectivity index (χ0) is 11.7. The Bertz CT molecular complexity index is 554. The molecule has 0 aliphatic heterocycles. The molecule has 16 heavy (non-hydrogen) atoms. The van der Waals surface area contributed by atoms with Crippen molar-refractivity contribution in [3.8, 4) is 5.82 Å². The largest absolute Gasteiger partial charge is 0.347 e. The Morgan fingerprint density at radius 3 is 2.81 bits per heavy atom. The third kappa shape index (κ3) is 1.83. The van der Waals surface area contributed by atoms with Gasteiger partial charge in [0.1, 0.15) is 5.82 Å². The summed E-state index contributed by atoms with van der Waals surface area (Å²) in [6, 6.07) is 3.92. The molecule has 2 aromatic rings. The van der Waals surface area contributed by atoms with E-state index in [1.807, 2.05) is 42.6 Å². The molecule has 0 aliphatic rings. The molecule has 0 radical (unpaired) electrons. The molecule has 2 heterocycles. The van der Waals surface area contributed by atoms with Crippen LogP contribution in [0.2, 0.25) is 0 Å². The summed E-state index contributed by atoms with van der Waals surface area (Å²) in [5.41, 5.74) is 1.14. The Kier molecular flexibility index (Phi) is 2.74. The molecule has 0 aliphatic carbocycles. The number of hydrogen-bond donors (Lipinski definition) is 1. The lowest BCUT2D eigenvalue weighted by atomic mass is 10.3. The summed E-state index contributed by atoms with van der Waals surface area (Å²) in [4.78, 5) is 6.18. The highest BCUT2D eigenvalue weighted by molar-refractivity contribution is 7.71. The number of nitrogens with zero attached hydrogens (tertiary/aromatic N) is 4. The first kappa shape index (κ1) is 10.8. The molecule has 0 amide bonds. The van der Waals surface area contributed by atoms with E-state index in [9.17, 15) is 0 Å². The maximum Gasteiger partial charge on any atom is 0.231 e. The van der Waals surface area contributed by atoms with Gasteiger partial charge in [-0.3, -0.25) is 0 Å². The Balaban J connectivity index is 2.63. The van der Waals surface area contributed by atoms with Crippen LogP contribution >= 0.6 is 12.2 Å². The van der Waals surface area contributed by atoms with Crippen molar-refractivity contribution in [2.24, 2.45) is 0 Å². The van der Waals surface area contributed by atoms with Crippen molar-refractivity contribution in [2.75, 3.05) is 19.0 Å². The first-order valence-electron chi connectivity index (χ1n) is 4.87. The third-order valence-corrected chi connectivity index (χ3v) is 2.46. The predicted molar refractivity (Wildman–Crippen MR) is 65.6 cm³/mol. The van der Waals surface area contributed by atoms with Crippen LogP contribution in [-0.2, 0) is 0 Å². The van der Waals surface area contributed by atoms with Crippen LogP contribution in [0.1, 0.15) is 5.56 Å². The fraction of sp³-hybridized carbons (Fsp3) is 0.300. The van der Waals surface area contributed by atoms with Crippen molar-refractivity contribution in [3.63, 3.8) is 0 Å². The normalized spacial score (nSPS) is 10.4. The number of aromatic nitrogens is 4. The summed E-state index contributed by atoms with van der Waals surface area (Å²) in [5, 5.41) is 6.92. The SMILES string of the molecule is Cc1ccnc(-n2c(N(C)C)n[nH]c2=S)c1. The maximum absolute atomic E-state index is 5.20. The van der Waals surface area contributed by atoms with E-state index in [0.717, 1.165) is 17.3 Å². The van der Waals surface area contributed by atoms with Gasteiger partial charge in [0, 0.05) is 20.3 Å². The van der Waals surface area contributed by atoms with Gasteiger partial charge in [-0.05, 0) is 36.8 Å². The predicted octanol–water partition coefficient (Wildman–Crippen LogP) is 1.70. The van der Waals surface area contributed by atoms with Crippen molar-refractivity contribution in [3.05, 3.63) is 28.7 Å². The molecule has 2 rings (SSSR count). The van der Waals surface area contributed by atoms with Crippen LogP contribution in [0.4, 0.5) is 5.95 Å². The number of rotatable bonds is 2. The summed E-state index contributed by atoms with van der Waals surface area (Å²) >= 11 is 5.20. The van der Waals surface area contributed by atoms with Crippen molar-refractivity contribution in [2.45, 2.75) is 6.92 Å². The highest BCUT2D eigenvalue weighted by atomic mass is 32.1. The molecule has 0 atom stereocenters. The van der Waals surface area contributed by atoms with E-state index in [1.165, 1.54) is 0 Å². The Morgan fingerprint density at radius 2 is 2.19 bits per heavy atom. The van der Waals surface area contributed by atoms with Crippen LogP contribution in [0.3, 0.4) is 0 Å². The first-order valence-corrected chi connectivity index (χ1v) is 5.28. The molecule has 6 heteroatoms. The summed E-state index contributed by atoms with van der Waals surface area (Å²) in [7, 11) is 3.83. The quantitative estimate of drug-likeness (QED) is 0.805. The highest BCUT2D eigenvalue weighted by Gasteiger charge is 2.10. The molecule has 0 saturated carbocycles. The van der Waals surface area contributed by atoms with E-state index in [1.54, 1.807) is 6.20 Å². The van der Waals surface area contributed by atoms with Crippen LogP contribution in [0.25, 0.3) is 5.82 Å². The van der Waals surface area contributed by atoms with E-state index < -0.39 is 0 Å². The summed E-state index contributed by atoms with van der Waals surface area (Å²) < 4.78 is 2.35. The first-order chi connectivity index (χ1) is 7.59. The van der Waals surface area contributed by atoms with Gasteiger partial charge in [-0.25, -0.2) is 14.6 Å². The van der Waals surface area contributed by atoms with Crippen molar-refractivity contribution in [1.82, 2.24) is 19.7 Å². The van der Waals surface area contributed by atoms with Crippen molar-refractivity contribution < 1.29 is 0 Å². The van der Waals surface area contributed by atoms with Crippen molar-refractivity contribution >= 4 is 18.2 Å². The number of anilines is 1. The molecule has 0 saturated heterocycles. The number of nitrogens with one attached hydrogen (secondary N) is 1. The van der Waals surface area contributed by atoms with E-state index in [4.69, 9.17) is 12.2 Å². The maximum atomic E-state index is 5.20. The molecule has 0 unspecified atom stereocenters. The van der Waals surface area contributed by atoms with Gasteiger partial charge < -0.3 is 4.90 Å². The van der Waals surface area contributed by atoms with Gasteiger partial charge in [0.05, 0.1) is 0 Å².